The van der Waals surface area contributed by atoms with E-state index in [1.807, 2.05) is 0 Å². The first-order chi connectivity index (χ1) is 6.25. The van der Waals surface area contributed by atoms with Crippen LogP contribution in [0.25, 0.3) is 0 Å². The van der Waals surface area contributed by atoms with E-state index in [-0.39, 0.29) is 17.8 Å². The number of carbonyl (C=O) groups is 1. The van der Waals surface area contributed by atoms with Crippen LogP contribution in [0.2, 0.25) is 5.15 Å². The predicted octanol–water partition coefficient (Wildman–Crippen LogP) is 2.05. The van der Waals surface area contributed by atoms with Crippen LogP contribution in [0, 0.1) is 0 Å². The van der Waals surface area contributed by atoms with Crippen LogP contribution in [0.5, 0.6) is 0 Å². The van der Waals surface area contributed by atoms with Crippen LogP contribution >= 0.6 is 11.6 Å². The number of halogens is 1. The van der Waals surface area contributed by atoms with Crippen molar-refractivity contribution in [1.82, 2.24) is 4.98 Å². The Labute approximate surface area is 80.7 Å². The van der Waals surface area contributed by atoms with E-state index in [4.69, 9.17) is 16.3 Å². The molecule has 0 aliphatic heterocycles. The molecule has 0 saturated heterocycles. The van der Waals surface area contributed by atoms with Gasteiger partial charge in [-0.05, 0) is 25.0 Å². The quantitative estimate of drug-likeness (QED) is 0.538. The van der Waals surface area contributed by atoms with Crippen molar-refractivity contribution in [2.45, 2.75) is 18.9 Å². The van der Waals surface area contributed by atoms with Gasteiger partial charge in [-0.3, -0.25) is 0 Å². The lowest BCUT2D eigenvalue weighted by Crippen LogP contribution is -2.08. The van der Waals surface area contributed by atoms with E-state index in [0.717, 1.165) is 12.8 Å². The number of aromatic nitrogens is 1. The van der Waals surface area contributed by atoms with Crippen molar-refractivity contribution in [1.29, 1.82) is 0 Å². The Morgan fingerprint density at radius 1 is 1.54 bits per heavy atom. The summed E-state index contributed by atoms with van der Waals surface area (Å²) >= 11 is 5.62. The SMILES string of the molecule is O=C(OC1CC1)c1cccc(Cl)n1. The fourth-order valence-electron chi connectivity index (χ4n) is 0.920. The Balaban J connectivity index is 2.09. The third kappa shape index (κ3) is 2.18. The summed E-state index contributed by atoms with van der Waals surface area (Å²) in [5.74, 6) is -0.384. The molecule has 68 valence electrons. The predicted molar refractivity (Wildman–Crippen MR) is 47.7 cm³/mol. The Morgan fingerprint density at radius 2 is 2.31 bits per heavy atom. The third-order valence-electron chi connectivity index (χ3n) is 1.72. The zero-order chi connectivity index (χ0) is 9.26. The van der Waals surface area contributed by atoms with E-state index in [9.17, 15) is 4.79 Å². The maximum atomic E-state index is 11.3. The molecule has 1 fully saturated rings. The molecule has 1 aromatic heterocycles. The molecule has 0 spiro atoms. The number of esters is 1. The van der Waals surface area contributed by atoms with Crippen LogP contribution in [-0.2, 0) is 4.74 Å². The van der Waals surface area contributed by atoms with Crippen molar-refractivity contribution in [3.8, 4) is 0 Å². The molecule has 1 saturated carbocycles. The van der Waals surface area contributed by atoms with Crippen molar-refractivity contribution >= 4 is 17.6 Å². The number of hydrogen-bond acceptors (Lipinski definition) is 3. The zero-order valence-electron chi connectivity index (χ0n) is 6.87. The topological polar surface area (TPSA) is 39.2 Å². The van der Waals surface area contributed by atoms with Gasteiger partial charge in [-0.15, -0.1) is 0 Å². The summed E-state index contributed by atoms with van der Waals surface area (Å²) in [7, 11) is 0. The van der Waals surface area contributed by atoms with Gasteiger partial charge in [0.2, 0.25) is 0 Å². The zero-order valence-corrected chi connectivity index (χ0v) is 7.62. The maximum Gasteiger partial charge on any atom is 0.357 e. The van der Waals surface area contributed by atoms with Crippen molar-refractivity contribution < 1.29 is 9.53 Å². The summed E-state index contributed by atoms with van der Waals surface area (Å²) in [5, 5.41) is 0.310. The molecule has 1 aliphatic carbocycles. The second kappa shape index (κ2) is 3.34. The van der Waals surface area contributed by atoms with Crippen LogP contribution in [0.15, 0.2) is 18.2 Å². The minimum atomic E-state index is -0.384. The number of nitrogens with zero attached hydrogens (tertiary/aromatic N) is 1. The first-order valence-electron chi connectivity index (χ1n) is 4.09. The van der Waals surface area contributed by atoms with E-state index in [0.29, 0.717) is 5.15 Å². The molecule has 3 nitrogen and oxygen atoms in total. The fraction of sp³-hybridized carbons (Fsp3) is 0.333. The van der Waals surface area contributed by atoms with Crippen LogP contribution in [0.3, 0.4) is 0 Å². The molecule has 0 atom stereocenters. The molecule has 4 heteroatoms. The van der Waals surface area contributed by atoms with Crippen molar-refractivity contribution in [3.05, 3.63) is 29.0 Å². The number of rotatable bonds is 2. The van der Waals surface area contributed by atoms with Crippen LogP contribution in [-0.4, -0.2) is 17.1 Å². The van der Waals surface area contributed by atoms with Gasteiger partial charge < -0.3 is 4.74 Å². The average molecular weight is 198 g/mol. The summed E-state index contributed by atoms with van der Waals surface area (Å²) in [6, 6.07) is 4.89. The van der Waals surface area contributed by atoms with Gasteiger partial charge in [0, 0.05) is 0 Å². The van der Waals surface area contributed by atoms with Gasteiger partial charge in [0.1, 0.15) is 17.0 Å². The number of hydrogen-bond donors (Lipinski definition) is 0. The van der Waals surface area contributed by atoms with Gasteiger partial charge in [-0.25, -0.2) is 9.78 Å². The van der Waals surface area contributed by atoms with Gasteiger partial charge in [0.05, 0.1) is 0 Å². The normalized spacial score (nSPS) is 15.5. The molecule has 0 unspecified atom stereocenters. The largest absolute Gasteiger partial charge is 0.458 e. The maximum absolute atomic E-state index is 11.3. The highest BCUT2D eigenvalue weighted by Gasteiger charge is 2.26. The average Bonchev–Trinajstić information content (AvgIpc) is 2.88. The summed E-state index contributed by atoms with van der Waals surface area (Å²) in [4.78, 5) is 15.1. The fourth-order valence-corrected chi connectivity index (χ4v) is 1.08. The molecule has 0 amide bonds. The minimum Gasteiger partial charge on any atom is -0.458 e. The number of carbonyl (C=O) groups excluding carboxylic acids is 1. The monoisotopic (exact) mass is 197 g/mol. The molecule has 0 bridgehead atoms. The third-order valence-corrected chi connectivity index (χ3v) is 1.93. The summed E-state index contributed by atoms with van der Waals surface area (Å²) in [6.07, 6.45) is 2.03. The molecule has 1 aromatic rings. The molecule has 1 heterocycles. The molecular weight excluding hydrogens is 190 g/mol. The second-order valence-corrected chi connectivity index (χ2v) is 3.34. The minimum absolute atomic E-state index is 0.105. The lowest BCUT2D eigenvalue weighted by Gasteiger charge is -2.01. The number of pyridine rings is 1. The summed E-state index contributed by atoms with van der Waals surface area (Å²) in [6.45, 7) is 0. The molecule has 0 radical (unpaired) electrons. The molecular formula is C9H8ClNO2. The summed E-state index contributed by atoms with van der Waals surface area (Å²) in [5.41, 5.74) is 0.277. The van der Waals surface area contributed by atoms with Gasteiger partial charge in [-0.1, -0.05) is 17.7 Å². The lowest BCUT2D eigenvalue weighted by molar-refractivity contribution is 0.0465. The highest BCUT2D eigenvalue weighted by Crippen LogP contribution is 2.24. The Morgan fingerprint density at radius 3 is 2.92 bits per heavy atom. The number of ether oxygens (including phenoxy) is 1. The molecule has 13 heavy (non-hydrogen) atoms. The van der Waals surface area contributed by atoms with E-state index >= 15 is 0 Å². The smallest absolute Gasteiger partial charge is 0.357 e. The highest BCUT2D eigenvalue weighted by molar-refractivity contribution is 6.29. The first kappa shape index (κ1) is 8.51. The van der Waals surface area contributed by atoms with Gasteiger partial charge in [-0.2, -0.15) is 0 Å². The van der Waals surface area contributed by atoms with Crippen LogP contribution in [0.4, 0.5) is 0 Å². The van der Waals surface area contributed by atoms with E-state index in [1.165, 1.54) is 0 Å². The summed E-state index contributed by atoms with van der Waals surface area (Å²) < 4.78 is 5.04. The molecule has 0 N–H and O–H groups in total. The first-order valence-corrected chi connectivity index (χ1v) is 4.47. The molecule has 2 rings (SSSR count). The van der Waals surface area contributed by atoms with Gasteiger partial charge in [0.15, 0.2) is 0 Å². The highest BCUT2D eigenvalue weighted by atomic mass is 35.5. The van der Waals surface area contributed by atoms with E-state index < -0.39 is 0 Å². The second-order valence-electron chi connectivity index (χ2n) is 2.95. The Hall–Kier alpha value is -1.09. The lowest BCUT2D eigenvalue weighted by atomic mass is 10.3. The van der Waals surface area contributed by atoms with E-state index in [2.05, 4.69) is 4.98 Å². The van der Waals surface area contributed by atoms with Crippen molar-refractivity contribution in [2.75, 3.05) is 0 Å². The van der Waals surface area contributed by atoms with Crippen LogP contribution < -0.4 is 0 Å². The standard InChI is InChI=1S/C9H8ClNO2/c10-8-3-1-2-7(11-8)9(12)13-6-4-5-6/h1-3,6H,4-5H2. The molecule has 1 aliphatic rings. The van der Waals surface area contributed by atoms with Crippen molar-refractivity contribution in [3.63, 3.8) is 0 Å². The Kier molecular flexibility index (Phi) is 2.19. The van der Waals surface area contributed by atoms with Crippen LogP contribution in [0.1, 0.15) is 23.3 Å². The van der Waals surface area contributed by atoms with Gasteiger partial charge in [0.25, 0.3) is 0 Å². The Bertz CT molecular complexity index is 336. The molecule has 0 aromatic carbocycles. The van der Waals surface area contributed by atoms with Crippen molar-refractivity contribution in [2.24, 2.45) is 0 Å². The van der Waals surface area contributed by atoms with E-state index in [1.54, 1.807) is 18.2 Å². The van der Waals surface area contributed by atoms with Gasteiger partial charge >= 0.3 is 5.97 Å².